The number of fused-ring (bicyclic) bond motifs is 1. The predicted molar refractivity (Wildman–Crippen MR) is 50.7 cm³/mol. The van der Waals surface area contributed by atoms with Gasteiger partial charge in [-0.2, -0.15) is 4.68 Å². The molecule has 1 aromatic carbocycles. The number of nitrogens with zero attached hydrogens (tertiary/aromatic N) is 3. The zero-order chi connectivity index (χ0) is 10.3. The molecule has 0 aliphatic rings. The molecule has 0 radical (unpaired) electrons. The summed E-state index contributed by atoms with van der Waals surface area (Å²) in [5, 5.41) is 11.6. The van der Waals surface area contributed by atoms with Crippen LogP contribution in [0, 0.1) is 10.1 Å². The molecule has 72 valence electrons. The lowest BCUT2D eigenvalue weighted by Gasteiger charge is -1.92. The van der Waals surface area contributed by atoms with Crippen molar-refractivity contribution in [2.24, 2.45) is 14.1 Å². The van der Waals surface area contributed by atoms with Crippen molar-refractivity contribution in [2.75, 3.05) is 0 Å². The molecule has 5 nitrogen and oxygen atoms in total. The van der Waals surface area contributed by atoms with E-state index in [2.05, 4.69) is 0 Å². The number of nitro groups is 1. The Hall–Kier alpha value is -1.91. The molecule has 1 aromatic heterocycles. The van der Waals surface area contributed by atoms with Crippen LogP contribution in [0.3, 0.4) is 0 Å². The van der Waals surface area contributed by atoms with Crippen molar-refractivity contribution >= 4 is 16.6 Å². The number of hydrogen-bond acceptors (Lipinski definition) is 2. The Balaban J connectivity index is 2.76. The molecule has 0 bridgehead atoms. The molecule has 2 aromatic rings. The van der Waals surface area contributed by atoms with Crippen LogP contribution in [-0.4, -0.2) is 9.61 Å². The smallest absolute Gasteiger partial charge is 0.258 e. The standard InChI is InChI=1S/C9H10N3O2/c1-10-6-7-3-4-8(12(13)14)5-9(7)11(10)2/h3-6H,1-2H3/q+1. The van der Waals surface area contributed by atoms with E-state index in [1.165, 1.54) is 6.07 Å². The molecule has 14 heavy (non-hydrogen) atoms. The zero-order valence-electron chi connectivity index (χ0n) is 7.97. The molecule has 0 saturated heterocycles. The number of aryl methyl sites for hydroxylation is 2. The summed E-state index contributed by atoms with van der Waals surface area (Å²) < 4.78 is 3.75. The molecule has 0 aliphatic carbocycles. The molecule has 0 unspecified atom stereocenters. The summed E-state index contributed by atoms with van der Waals surface area (Å²) in [4.78, 5) is 10.2. The number of benzene rings is 1. The topological polar surface area (TPSA) is 51.9 Å². The highest BCUT2D eigenvalue weighted by Crippen LogP contribution is 2.18. The first-order chi connectivity index (χ1) is 6.59. The summed E-state index contributed by atoms with van der Waals surface area (Å²) in [6.45, 7) is 0. The summed E-state index contributed by atoms with van der Waals surface area (Å²) in [7, 11) is 3.76. The van der Waals surface area contributed by atoms with Crippen molar-refractivity contribution in [1.82, 2.24) is 4.68 Å². The average molecular weight is 192 g/mol. The minimum Gasteiger partial charge on any atom is -0.258 e. The number of nitro benzene ring substituents is 1. The van der Waals surface area contributed by atoms with Gasteiger partial charge >= 0.3 is 0 Å². The minimum absolute atomic E-state index is 0.124. The van der Waals surface area contributed by atoms with Crippen molar-refractivity contribution in [3.63, 3.8) is 0 Å². The second kappa shape index (κ2) is 2.80. The molecule has 1 heterocycles. The second-order valence-corrected chi connectivity index (χ2v) is 3.23. The maximum Gasteiger partial charge on any atom is 0.271 e. The van der Waals surface area contributed by atoms with Crippen molar-refractivity contribution in [3.8, 4) is 0 Å². The largest absolute Gasteiger partial charge is 0.271 e. The Morgan fingerprint density at radius 1 is 1.50 bits per heavy atom. The molecule has 0 saturated carbocycles. The lowest BCUT2D eigenvalue weighted by molar-refractivity contribution is -0.748. The van der Waals surface area contributed by atoms with Gasteiger partial charge in [0.2, 0.25) is 6.20 Å². The first-order valence-electron chi connectivity index (χ1n) is 4.19. The van der Waals surface area contributed by atoms with Gasteiger partial charge in [0.05, 0.1) is 17.4 Å². The van der Waals surface area contributed by atoms with Crippen LogP contribution in [0.2, 0.25) is 0 Å². The van der Waals surface area contributed by atoms with E-state index in [9.17, 15) is 10.1 Å². The van der Waals surface area contributed by atoms with Crippen molar-refractivity contribution in [3.05, 3.63) is 34.5 Å². The highest BCUT2D eigenvalue weighted by Gasteiger charge is 2.13. The second-order valence-electron chi connectivity index (χ2n) is 3.23. The highest BCUT2D eigenvalue weighted by atomic mass is 16.6. The maximum atomic E-state index is 10.6. The third-order valence-corrected chi connectivity index (χ3v) is 2.37. The van der Waals surface area contributed by atoms with Crippen molar-refractivity contribution < 1.29 is 9.61 Å². The molecule has 0 atom stereocenters. The zero-order valence-corrected chi connectivity index (χ0v) is 7.97. The van der Waals surface area contributed by atoms with Crippen LogP contribution in [0.1, 0.15) is 0 Å². The van der Waals surface area contributed by atoms with Crippen molar-refractivity contribution in [1.29, 1.82) is 0 Å². The highest BCUT2D eigenvalue weighted by molar-refractivity contribution is 5.79. The van der Waals surface area contributed by atoms with Crippen LogP contribution in [0.4, 0.5) is 5.69 Å². The van der Waals surface area contributed by atoms with E-state index in [-0.39, 0.29) is 10.6 Å². The van der Waals surface area contributed by atoms with E-state index >= 15 is 0 Å². The fourth-order valence-corrected chi connectivity index (χ4v) is 1.49. The molecule has 2 rings (SSSR count). The first-order valence-corrected chi connectivity index (χ1v) is 4.19. The van der Waals surface area contributed by atoms with Gasteiger partial charge in [0.1, 0.15) is 5.52 Å². The average Bonchev–Trinajstić information content (AvgIpc) is 2.43. The van der Waals surface area contributed by atoms with Crippen molar-refractivity contribution in [2.45, 2.75) is 0 Å². The quantitative estimate of drug-likeness (QED) is 0.383. The van der Waals surface area contributed by atoms with E-state index in [1.807, 2.05) is 29.7 Å². The fourth-order valence-electron chi connectivity index (χ4n) is 1.49. The van der Waals surface area contributed by atoms with Gasteiger partial charge in [-0.25, -0.2) is 0 Å². The van der Waals surface area contributed by atoms with Gasteiger partial charge in [0.15, 0.2) is 7.05 Å². The van der Waals surface area contributed by atoms with Gasteiger partial charge in [0.25, 0.3) is 5.69 Å². The summed E-state index contributed by atoms with van der Waals surface area (Å²) >= 11 is 0. The lowest BCUT2D eigenvalue weighted by atomic mass is 10.2. The number of aromatic nitrogens is 2. The Labute approximate surface area is 80.3 Å². The van der Waals surface area contributed by atoms with Gasteiger partial charge in [-0.15, -0.1) is 4.68 Å². The SMILES string of the molecule is Cn1c2cc([N+](=O)[O-])ccc2c[n+]1C. The normalized spacial score (nSPS) is 10.7. The molecular weight excluding hydrogens is 182 g/mol. The Morgan fingerprint density at radius 2 is 2.21 bits per heavy atom. The van der Waals surface area contributed by atoms with Gasteiger partial charge in [-0.1, -0.05) is 0 Å². The molecule has 0 fully saturated rings. The van der Waals surface area contributed by atoms with E-state index in [0.717, 1.165) is 10.9 Å². The molecule has 0 amide bonds. The van der Waals surface area contributed by atoms with Crippen LogP contribution in [0.5, 0.6) is 0 Å². The van der Waals surface area contributed by atoms with Gasteiger partial charge < -0.3 is 0 Å². The summed E-state index contributed by atoms with van der Waals surface area (Å²) in [5.41, 5.74) is 0.987. The van der Waals surface area contributed by atoms with E-state index < -0.39 is 0 Å². The van der Waals surface area contributed by atoms with Gasteiger partial charge in [-0.3, -0.25) is 10.1 Å². The van der Waals surface area contributed by atoms with Gasteiger partial charge in [-0.05, 0) is 6.07 Å². The van der Waals surface area contributed by atoms with E-state index in [1.54, 1.807) is 12.1 Å². The minimum atomic E-state index is -0.382. The Bertz CT molecular complexity index is 516. The Kier molecular flexibility index (Phi) is 1.73. The third kappa shape index (κ3) is 1.14. The lowest BCUT2D eigenvalue weighted by Crippen LogP contribution is -2.35. The van der Waals surface area contributed by atoms with Crippen LogP contribution >= 0.6 is 0 Å². The van der Waals surface area contributed by atoms with Crippen LogP contribution in [0.25, 0.3) is 10.9 Å². The number of rotatable bonds is 1. The maximum absolute atomic E-state index is 10.6. The molecular formula is C9H10N3O2+. The van der Waals surface area contributed by atoms with Crippen LogP contribution in [-0.2, 0) is 14.1 Å². The molecule has 0 N–H and O–H groups in total. The van der Waals surface area contributed by atoms with Crippen LogP contribution in [0.15, 0.2) is 24.4 Å². The van der Waals surface area contributed by atoms with Gasteiger partial charge in [0, 0.05) is 12.1 Å². The summed E-state index contributed by atoms with van der Waals surface area (Å²) in [5.74, 6) is 0. The Morgan fingerprint density at radius 3 is 2.86 bits per heavy atom. The fraction of sp³-hybridized carbons (Fsp3) is 0.222. The third-order valence-electron chi connectivity index (χ3n) is 2.37. The van der Waals surface area contributed by atoms with Crippen LogP contribution < -0.4 is 4.68 Å². The number of non-ortho nitro benzene ring substituents is 1. The first kappa shape index (κ1) is 8.68. The molecule has 0 aliphatic heterocycles. The predicted octanol–water partition coefficient (Wildman–Crippen LogP) is 0.911. The monoisotopic (exact) mass is 192 g/mol. The number of hydrogen-bond donors (Lipinski definition) is 0. The molecule has 0 spiro atoms. The van der Waals surface area contributed by atoms with E-state index in [0.29, 0.717) is 0 Å². The summed E-state index contributed by atoms with van der Waals surface area (Å²) in [6, 6.07) is 4.85. The van der Waals surface area contributed by atoms with E-state index in [4.69, 9.17) is 0 Å². The molecule has 5 heteroatoms. The summed E-state index contributed by atoms with van der Waals surface area (Å²) in [6.07, 6.45) is 1.93.